The molecule has 0 fully saturated rings. The highest BCUT2D eigenvalue weighted by Gasteiger charge is 2.15. The molecule has 0 saturated carbocycles. The van der Waals surface area contributed by atoms with Crippen molar-refractivity contribution in [2.75, 3.05) is 5.32 Å². The largest absolute Gasteiger partial charge is 0.481 e. The lowest BCUT2D eigenvalue weighted by atomic mass is 10.3. The van der Waals surface area contributed by atoms with Crippen LogP contribution in [0.15, 0.2) is 42.5 Å². The standard InChI is InChI=1S/C15H12F3NO2/c1-9(21-12-6-7-13(17)14(18)8-12)15(20)19-11-4-2-10(16)3-5-11/h2-9H,1H3,(H,19,20)/t9-/m1/s1. The molecule has 2 rings (SSSR count). The van der Waals surface area contributed by atoms with Crippen LogP contribution in [0.3, 0.4) is 0 Å². The Labute approximate surface area is 119 Å². The molecular weight excluding hydrogens is 283 g/mol. The first-order valence-electron chi connectivity index (χ1n) is 6.14. The minimum absolute atomic E-state index is 0.0376. The number of hydrogen-bond donors (Lipinski definition) is 1. The van der Waals surface area contributed by atoms with Crippen LogP contribution in [0.4, 0.5) is 18.9 Å². The van der Waals surface area contributed by atoms with Gasteiger partial charge < -0.3 is 10.1 Å². The van der Waals surface area contributed by atoms with Crippen molar-refractivity contribution in [3.8, 4) is 5.75 Å². The minimum Gasteiger partial charge on any atom is -0.481 e. The highest BCUT2D eigenvalue weighted by Crippen LogP contribution is 2.17. The topological polar surface area (TPSA) is 38.3 Å². The molecule has 0 aromatic heterocycles. The molecule has 0 aliphatic rings. The molecule has 2 aromatic rings. The molecule has 0 saturated heterocycles. The van der Waals surface area contributed by atoms with Crippen LogP contribution < -0.4 is 10.1 Å². The first kappa shape index (κ1) is 14.9. The molecule has 0 aliphatic carbocycles. The van der Waals surface area contributed by atoms with Gasteiger partial charge in [-0.2, -0.15) is 0 Å². The molecule has 6 heteroatoms. The Morgan fingerprint density at radius 3 is 2.33 bits per heavy atom. The van der Waals surface area contributed by atoms with Crippen molar-refractivity contribution in [3.63, 3.8) is 0 Å². The second-order valence-corrected chi connectivity index (χ2v) is 4.33. The normalized spacial score (nSPS) is 11.8. The Hall–Kier alpha value is -2.50. The van der Waals surface area contributed by atoms with Gasteiger partial charge in [0.25, 0.3) is 5.91 Å². The zero-order valence-electron chi connectivity index (χ0n) is 11.1. The van der Waals surface area contributed by atoms with Gasteiger partial charge >= 0.3 is 0 Å². The highest BCUT2D eigenvalue weighted by molar-refractivity contribution is 5.94. The summed E-state index contributed by atoms with van der Waals surface area (Å²) in [5.74, 6) is -2.93. The van der Waals surface area contributed by atoms with Crippen LogP contribution >= 0.6 is 0 Å². The van der Waals surface area contributed by atoms with Crippen LogP contribution in [0.25, 0.3) is 0 Å². The predicted molar refractivity (Wildman–Crippen MR) is 71.5 cm³/mol. The lowest BCUT2D eigenvalue weighted by molar-refractivity contribution is -0.122. The van der Waals surface area contributed by atoms with E-state index < -0.39 is 29.5 Å². The molecule has 0 radical (unpaired) electrons. The smallest absolute Gasteiger partial charge is 0.265 e. The van der Waals surface area contributed by atoms with Crippen LogP contribution in [-0.2, 0) is 4.79 Å². The number of hydrogen-bond acceptors (Lipinski definition) is 2. The molecule has 2 aromatic carbocycles. The van der Waals surface area contributed by atoms with Crippen LogP contribution in [0, 0.1) is 17.5 Å². The van der Waals surface area contributed by atoms with Gasteiger partial charge in [0.1, 0.15) is 11.6 Å². The van der Waals surface area contributed by atoms with Crippen molar-refractivity contribution < 1.29 is 22.7 Å². The summed E-state index contributed by atoms with van der Waals surface area (Å²) in [6, 6.07) is 8.20. The van der Waals surface area contributed by atoms with Gasteiger partial charge in [-0.25, -0.2) is 13.2 Å². The summed E-state index contributed by atoms with van der Waals surface area (Å²) in [4.78, 5) is 11.9. The van der Waals surface area contributed by atoms with Gasteiger partial charge in [-0.3, -0.25) is 4.79 Å². The number of nitrogens with one attached hydrogen (secondary N) is 1. The van der Waals surface area contributed by atoms with E-state index in [0.29, 0.717) is 5.69 Å². The molecule has 110 valence electrons. The van der Waals surface area contributed by atoms with Crippen LogP contribution in [-0.4, -0.2) is 12.0 Å². The molecule has 0 bridgehead atoms. The quantitative estimate of drug-likeness (QED) is 0.937. The third-order valence-electron chi connectivity index (χ3n) is 2.68. The molecular formula is C15H12F3NO2. The summed E-state index contributed by atoms with van der Waals surface area (Å²) < 4.78 is 43.8. The van der Waals surface area contributed by atoms with Crippen molar-refractivity contribution in [3.05, 3.63) is 59.9 Å². The number of rotatable bonds is 4. The van der Waals surface area contributed by atoms with E-state index in [1.807, 2.05) is 0 Å². The Kier molecular flexibility index (Phi) is 4.47. The van der Waals surface area contributed by atoms with Gasteiger partial charge in [-0.05, 0) is 43.3 Å². The number of anilines is 1. The zero-order chi connectivity index (χ0) is 15.4. The molecule has 1 N–H and O–H groups in total. The number of carbonyl (C=O) groups is 1. The second kappa shape index (κ2) is 6.30. The number of benzene rings is 2. The summed E-state index contributed by atoms with van der Waals surface area (Å²) in [6.07, 6.45) is -0.931. The van der Waals surface area contributed by atoms with E-state index in [0.717, 1.165) is 12.1 Å². The summed E-state index contributed by atoms with van der Waals surface area (Å²) in [7, 11) is 0. The maximum absolute atomic E-state index is 13.0. The number of ether oxygens (including phenoxy) is 1. The summed E-state index contributed by atoms with van der Waals surface area (Å²) in [6.45, 7) is 1.46. The highest BCUT2D eigenvalue weighted by atomic mass is 19.2. The Bertz CT molecular complexity index is 644. The van der Waals surface area contributed by atoms with Gasteiger partial charge in [-0.1, -0.05) is 0 Å². The van der Waals surface area contributed by atoms with E-state index in [1.54, 1.807) is 0 Å². The Morgan fingerprint density at radius 2 is 1.71 bits per heavy atom. The lowest BCUT2D eigenvalue weighted by Gasteiger charge is -2.14. The molecule has 0 spiro atoms. The van der Waals surface area contributed by atoms with Crippen molar-refractivity contribution in [1.29, 1.82) is 0 Å². The molecule has 0 unspecified atom stereocenters. The third-order valence-corrected chi connectivity index (χ3v) is 2.68. The van der Waals surface area contributed by atoms with E-state index in [1.165, 1.54) is 37.3 Å². The molecule has 0 aliphatic heterocycles. The average Bonchev–Trinajstić information content (AvgIpc) is 2.45. The molecule has 1 atom stereocenters. The zero-order valence-corrected chi connectivity index (χ0v) is 11.1. The van der Waals surface area contributed by atoms with Crippen LogP contribution in [0.2, 0.25) is 0 Å². The van der Waals surface area contributed by atoms with Crippen molar-refractivity contribution in [1.82, 2.24) is 0 Å². The lowest BCUT2D eigenvalue weighted by Crippen LogP contribution is -2.30. The van der Waals surface area contributed by atoms with Crippen molar-refractivity contribution in [2.45, 2.75) is 13.0 Å². The number of halogens is 3. The number of amides is 1. The summed E-state index contributed by atoms with van der Waals surface area (Å²) >= 11 is 0. The summed E-state index contributed by atoms with van der Waals surface area (Å²) in [5, 5.41) is 2.52. The molecule has 3 nitrogen and oxygen atoms in total. The Morgan fingerprint density at radius 1 is 1.05 bits per heavy atom. The van der Waals surface area contributed by atoms with Gasteiger partial charge in [0.05, 0.1) is 0 Å². The van der Waals surface area contributed by atoms with E-state index in [4.69, 9.17) is 4.74 Å². The van der Waals surface area contributed by atoms with E-state index in [9.17, 15) is 18.0 Å². The monoisotopic (exact) mass is 295 g/mol. The van der Waals surface area contributed by atoms with Gasteiger partial charge in [0.15, 0.2) is 17.7 Å². The molecule has 1 amide bonds. The van der Waals surface area contributed by atoms with Crippen molar-refractivity contribution in [2.24, 2.45) is 0 Å². The predicted octanol–water partition coefficient (Wildman–Crippen LogP) is 3.51. The van der Waals surface area contributed by atoms with Gasteiger partial charge in [0, 0.05) is 11.8 Å². The first-order chi connectivity index (χ1) is 9.95. The second-order valence-electron chi connectivity index (χ2n) is 4.33. The first-order valence-corrected chi connectivity index (χ1v) is 6.14. The fourth-order valence-electron chi connectivity index (χ4n) is 1.58. The van der Waals surface area contributed by atoms with Crippen molar-refractivity contribution >= 4 is 11.6 Å². The maximum atomic E-state index is 13.0. The average molecular weight is 295 g/mol. The molecule has 0 heterocycles. The van der Waals surface area contributed by atoms with E-state index in [-0.39, 0.29) is 5.75 Å². The SMILES string of the molecule is C[C@@H](Oc1ccc(F)c(F)c1)C(=O)Nc1ccc(F)cc1. The van der Waals surface area contributed by atoms with Crippen LogP contribution in [0.5, 0.6) is 5.75 Å². The fraction of sp³-hybridized carbons (Fsp3) is 0.133. The maximum Gasteiger partial charge on any atom is 0.265 e. The molecule has 21 heavy (non-hydrogen) atoms. The van der Waals surface area contributed by atoms with Gasteiger partial charge in [0.2, 0.25) is 0 Å². The van der Waals surface area contributed by atoms with Crippen LogP contribution in [0.1, 0.15) is 6.92 Å². The van der Waals surface area contributed by atoms with Gasteiger partial charge in [-0.15, -0.1) is 0 Å². The number of carbonyl (C=O) groups excluding carboxylic acids is 1. The minimum atomic E-state index is -1.06. The van der Waals surface area contributed by atoms with E-state index >= 15 is 0 Å². The fourth-order valence-corrected chi connectivity index (χ4v) is 1.58. The Balaban J connectivity index is 1.98. The third kappa shape index (κ3) is 3.98. The van der Waals surface area contributed by atoms with E-state index in [2.05, 4.69) is 5.32 Å². The summed E-state index contributed by atoms with van der Waals surface area (Å²) in [5.41, 5.74) is 0.405.